The minimum atomic E-state index is -0.672. The second-order valence-corrected chi connectivity index (χ2v) is 8.95. The first-order chi connectivity index (χ1) is 16.1. The first-order valence-corrected chi connectivity index (χ1v) is 11.9. The van der Waals surface area contributed by atoms with E-state index in [1.54, 1.807) is 32.7 Å². The Morgan fingerprint density at radius 1 is 1.21 bits per heavy atom. The summed E-state index contributed by atoms with van der Waals surface area (Å²) < 4.78 is 21.8. The van der Waals surface area contributed by atoms with Crippen molar-refractivity contribution in [1.82, 2.24) is 9.80 Å². The Morgan fingerprint density at radius 3 is 2.73 bits per heavy atom. The number of hydrogen-bond donors (Lipinski definition) is 1. The van der Waals surface area contributed by atoms with Crippen LogP contribution < -0.4 is 9.47 Å². The predicted molar refractivity (Wildman–Crippen MR) is 127 cm³/mol. The van der Waals surface area contributed by atoms with Gasteiger partial charge in [0.1, 0.15) is 6.61 Å². The van der Waals surface area contributed by atoms with Gasteiger partial charge in [-0.2, -0.15) is 0 Å². The summed E-state index contributed by atoms with van der Waals surface area (Å²) in [6.45, 7) is 2.73. The molecule has 1 aliphatic heterocycles. The Hall–Kier alpha value is -2.17. The predicted octanol–water partition coefficient (Wildman–Crippen LogP) is 2.22. The molecule has 0 fully saturated rings. The van der Waals surface area contributed by atoms with Crippen LogP contribution in [0.5, 0.6) is 11.5 Å². The largest absolute Gasteiger partial charge is 0.493 e. The summed E-state index contributed by atoms with van der Waals surface area (Å²) in [5.74, 6) is 1.31. The number of methoxy groups -OCH3 is 3. The van der Waals surface area contributed by atoms with Crippen LogP contribution in [0.3, 0.4) is 0 Å². The Kier molecular flexibility index (Phi) is 9.95. The van der Waals surface area contributed by atoms with Gasteiger partial charge in [-0.05, 0) is 35.6 Å². The lowest BCUT2D eigenvalue weighted by molar-refractivity contribution is -0.136. The maximum atomic E-state index is 13.4. The molecule has 2 heterocycles. The maximum Gasteiger partial charge on any atom is 0.237 e. The van der Waals surface area contributed by atoms with E-state index in [9.17, 15) is 9.90 Å². The molecule has 1 amide bonds. The standard InChI is InChI=1S/C24H34N2O6S/c1-29-12-11-25(14-18(27)16-30-2)15-24(28)26-10-8-23-19(9-13-33-23)20(26)17-32-22-7-5-4-6-21(22)31-3/h4-7,9,13,18,20,27H,8,10-12,14-17H2,1-3H3/t18-,20+/m0/s1. The molecule has 0 unspecified atom stereocenters. The third-order valence-electron chi connectivity index (χ3n) is 5.68. The highest BCUT2D eigenvalue weighted by molar-refractivity contribution is 7.10. The number of fused-ring (bicyclic) bond motifs is 1. The van der Waals surface area contributed by atoms with Crippen LogP contribution in [0, 0.1) is 0 Å². The molecule has 3 rings (SSSR count). The second-order valence-electron chi connectivity index (χ2n) is 7.95. The van der Waals surface area contributed by atoms with Gasteiger partial charge >= 0.3 is 0 Å². The van der Waals surface area contributed by atoms with Gasteiger partial charge in [0.05, 0.1) is 39.0 Å². The average Bonchev–Trinajstić information content (AvgIpc) is 3.30. The first-order valence-electron chi connectivity index (χ1n) is 11.1. The number of benzene rings is 1. The van der Waals surface area contributed by atoms with Crippen molar-refractivity contribution in [2.24, 2.45) is 0 Å². The number of para-hydroxylation sites is 2. The van der Waals surface area contributed by atoms with Crippen molar-refractivity contribution in [3.63, 3.8) is 0 Å². The third kappa shape index (κ3) is 6.91. The molecule has 1 aliphatic rings. The zero-order chi connectivity index (χ0) is 23.6. The van der Waals surface area contributed by atoms with E-state index in [4.69, 9.17) is 18.9 Å². The fourth-order valence-electron chi connectivity index (χ4n) is 4.06. The number of carbonyl (C=O) groups is 1. The van der Waals surface area contributed by atoms with E-state index in [1.807, 2.05) is 34.1 Å². The van der Waals surface area contributed by atoms with Crippen molar-refractivity contribution >= 4 is 17.2 Å². The van der Waals surface area contributed by atoms with Crippen LogP contribution in [0.25, 0.3) is 0 Å². The molecular formula is C24H34N2O6S. The summed E-state index contributed by atoms with van der Waals surface area (Å²) in [4.78, 5) is 18.5. The van der Waals surface area contributed by atoms with Gasteiger partial charge in [0, 0.05) is 38.7 Å². The van der Waals surface area contributed by atoms with E-state index < -0.39 is 6.10 Å². The molecule has 2 atom stereocenters. The number of hydrogen-bond acceptors (Lipinski definition) is 8. The summed E-state index contributed by atoms with van der Waals surface area (Å²) in [7, 11) is 4.79. The smallest absolute Gasteiger partial charge is 0.237 e. The molecule has 0 saturated carbocycles. The Morgan fingerprint density at radius 2 is 2.00 bits per heavy atom. The highest BCUT2D eigenvalue weighted by Gasteiger charge is 2.33. The van der Waals surface area contributed by atoms with Gasteiger partial charge < -0.3 is 29.0 Å². The Bertz CT molecular complexity index is 876. The van der Waals surface area contributed by atoms with Crippen molar-refractivity contribution in [3.05, 3.63) is 46.2 Å². The van der Waals surface area contributed by atoms with E-state index in [-0.39, 0.29) is 25.1 Å². The zero-order valence-corrected chi connectivity index (χ0v) is 20.4. The van der Waals surface area contributed by atoms with Crippen molar-refractivity contribution in [2.45, 2.75) is 18.6 Å². The van der Waals surface area contributed by atoms with Crippen LogP contribution in [0.2, 0.25) is 0 Å². The molecule has 0 saturated heterocycles. The summed E-state index contributed by atoms with van der Waals surface area (Å²) in [5, 5.41) is 12.3. The highest BCUT2D eigenvalue weighted by atomic mass is 32.1. The normalized spacial score (nSPS) is 16.5. The van der Waals surface area contributed by atoms with Gasteiger partial charge in [-0.25, -0.2) is 0 Å². The second kappa shape index (κ2) is 12.9. The van der Waals surface area contributed by atoms with Crippen molar-refractivity contribution in [1.29, 1.82) is 0 Å². The van der Waals surface area contributed by atoms with E-state index >= 15 is 0 Å². The molecule has 9 heteroatoms. The fraction of sp³-hybridized carbons (Fsp3) is 0.542. The van der Waals surface area contributed by atoms with E-state index in [2.05, 4.69) is 11.4 Å². The number of carbonyl (C=O) groups excluding carboxylic acids is 1. The monoisotopic (exact) mass is 478 g/mol. The molecule has 1 aromatic carbocycles. The van der Waals surface area contributed by atoms with E-state index in [0.29, 0.717) is 44.3 Å². The van der Waals surface area contributed by atoms with Crippen LogP contribution in [-0.2, 0) is 20.7 Å². The number of rotatable bonds is 13. The van der Waals surface area contributed by atoms with Crippen LogP contribution in [0.4, 0.5) is 0 Å². The quantitative estimate of drug-likeness (QED) is 0.473. The van der Waals surface area contributed by atoms with Gasteiger partial charge in [-0.15, -0.1) is 11.3 Å². The van der Waals surface area contributed by atoms with Gasteiger partial charge in [0.15, 0.2) is 11.5 Å². The van der Waals surface area contributed by atoms with Crippen molar-refractivity contribution in [2.75, 3.05) is 67.3 Å². The summed E-state index contributed by atoms with van der Waals surface area (Å²) >= 11 is 1.72. The summed E-state index contributed by atoms with van der Waals surface area (Å²) in [6.07, 6.45) is 0.156. The SMILES string of the molecule is COCCN(CC(=O)N1CCc2sccc2[C@H]1COc1ccccc1OC)C[C@H](O)COC. The number of ether oxygens (including phenoxy) is 4. The van der Waals surface area contributed by atoms with Gasteiger partial charge in [-0.3, -0.25) is 9.69 Å². The average molecular weight is 479 g/mol. The number of amides is 1. The van der Waals surface area contributed by atoms with E-state index in [0.717, 1.165) is 12.0 Å². The Labute approximate surface area is 199 Å². The van der Waals surface area contributed by atoms with Crippen molar-refractivity contribution in [3.8, 4) is 11.5 Å². The fourth-order valence-corrected chi connectivity index (χ4v) is 4.99. The molecule has 8 nitrogen and oxygen atoms in total. The summed E-state index contributed by atoms with van der Waals surface area (Å²) in [5.41, 5.74) is 1.14. The van der Waals surface area contributed by atoms with E-state index in [1.165, 1.54) is 4.88 Å². The number of thiophene rings is 1. The lowest BCUT2D eigenvalue weighted by Gasteiger charge is -2.37. The van der Waals surface area contributed by atoms with Crippen molar-refractivity contribution < 1.29 is 28.8 Å². The molecule has 0 spiro atoms. The lowest BCUT2D eigenvalue weighted by Crippen LogP contribution is -2.48. The minimum Gasteiger partial charge on any atom is -0.493 e. The molecule has 0 bridgehead atoms. The number of aliphatic hydroxyl groups excluding tert-OH is 1. The Balaban J connectivity index is 1.73. The molecule has 182 valence electrons. The molecule has 0 aliphatic carbocycles. The topological polar surface area (TPSA) is 80.7 Å². The van der Waals surface area contributed by atoms with Crippen LogP contribution >= 0.6 is 11.3 Å². The maximum absolute atomic E-state index is 13.4. The molecule has 1 N–H and O–H groups in total. The van der Waals surface area contributed by atoms with Gasteiger partial charge in [-0.1, -0.05) is 12.1 Å². The molecule has 2 aromatic rings. The highest BCUT2D eigenvalue weighted by Crippen LogP contribution is 2.35. The molecule has 0 radical (unpaired) electrons. The van der Waals surface area contributed by atoms with Gasteiger partial charge in [0.2, 0.25) is 5.91 Å². The number of aliphatic hydroxyl groups is 1. The molecule has 33 heavy (non-hydrogen) atoms. The summed E-state index contributed by atoms with van der Waals surface area (Å²) in [6, 6.07) is 9.41. The first kappa shape index (κ1) is 25.5. The lowest BCUT2D eigenvalue weighted by atomic mass is 10.0. The third-order valence-corrected chi connectivity index (χ3v) is 6.68. The van der Waals surface area contributed by atoms with Crippen LogP contribution in [0.1, 0.15) is 16.5 Å². The van der Waals surface area contributed by atoms with Gasteiger partial charge in [0.25, 0.3) is 0 Å². The minimum absolute atomic E-state index is 0.00111. The van der Waals surface area contributed by atoms with Crippen LogP contribution in [-0.4, -0.2) is 94.2 Å². The molecule has 1 aromatic heterocycles. The zero-order valence-electron chi connectivity index (χ0n) is 19.6. The number of nitrogens with zero attached hydrogens (tertiary/aromatic N) is 2. The molecular weight excluding hydrogens is 444 g/mol. The van der Waals surface area contributed by atoms with Crippen LogP contribution in [0.15, 0.2) is 35.7 Å².